The summed E-state index contributed by atoms with van der Waals surface area (Å²) in [5, 5.41) is 4.58. The summed E-state index contributed by atoms with van der Waals surface area (Å²) in [7, 11) is -0.209. The molecule has 0 amide bonds. The largest absolute Gasteiger partial charge is 0.504 e. The molecule has 7 heteroatoms. The molecule has 0 unspecified atom stereocenters. The van der Waals surface area contributed by atoms with E-state index in [-0.39, 0.29) is 26.5 Å². The molecule has 0 atom stereocenters. The van der Waals surface area contributed by atoms with Gasteiger partial charge >= 0.3 is 0 Å². The van der Waals surface area contributed by atoms with Gasteiger partial charge in [-0.15, -0.1) is 5.39 Å². The first-order valence-corrected chi connectivity index (χ1v) is 17.4. The topological polar surface area (TPSA) is 37.2 Å². The van der Waals surface area contributed by atoms with Crippen LogP contribution in [0.5, 0.6) is 0 Å². The Morgan fingerprint density at radius 3 is 2.30 bits per heavy atom. The van der Waals surface area contributed by atoms with Crippen LogP contribution in [0.4, 0.5) is 17.1 Å². The van der Waals surface area contributed by atoms with Crippen molar-refractivity contribution in [2.45, 2.75) is 39.3 Å². The zero-order chi connectivity index (χ0) is 29.2. The van der Waals surface area contributed by atoms with Crippen LogP contribution < -0.4 is 20.3 Å². The van der Waals surface area contributed by atoms with E-state index in [1.807, 2.05) is 18.5 Å². The molecule has 0 N–H and O–H groups in total. The molecule has 1 aliphatic rings. The molecule has 4 heterocycles. The molecule has 1 aliphatic heterocycles. The van der Waals surface area contributed by atoms with E-state index in [9.17, 15) is 0 Å². The summed E-state index contributed by atoms with van der Waals surface area (Å²) in [4.78, 5) is 14.1. The Balaban J connectivity index is 0.00000329. The van der Waals surface area contributed by atoms with Crippen molar-refractivity contribution in [1.82, 2.24) is 14.5 Å². The van der Waals surface area contributed by atoms with E-state index in [0.29, 0.717) is 0 Å². The minimum absolute atomic E-state index is 0. The Morgan fingerprint density at radius 1 is 0.791 bits per heavy atom. The quantitative estimate of drug-likeness (QED) is 0.144. The second-order valence-electron chi connectivity index (χ2n) is 12.7. The fourth-order valence-electron chi connectivity index (χ4n) is 5.92. The number of fused-ring (bicyclic) bond motifs is 4. The van der Waals surface area contributed by atoms with Crippen LogP contribution in [0.1, 0.15) is 26.3 Å². The van der Waals surface area contributed by atoms with Crippen LogP contribution in [0.15, 0.2) is 91.3 Å². The molecule has 0 saturated carbocycles. The van der Waals surface area contributed by atoms with E-state index in [1.54, 1.807) is 0 Å². The van der Waals surface area contributed by atoms with Gasteiger partial charge in [-0.05, 0) is 53.7 Å². The van der Waals surface area contributed by atoms with Gasteiger partial charge in [0.1, 0.15) is 5.82 Å². The summed E-state index contributed by atoms with van der Waals surface area (Å²) in [6.07, 6.45) is 3.84. The van der Waals surface area contributed by atoms with Gasteiger partial charge in [0.2, 0.25) is 0 Å². The molecule has 5 nitrogen and oxygen atoms in total. The normalized spacial score (nSPS) is 13.4. The molecule has 0 spiro atoms. The van der Waals surface area contributed by atoms with Crippen LogP contribution in [0.3, 0.4) is 0 Å². The van der Waals surface area contributed by atoms with Gasteiger partial charge in [-0.1, -0.05) is 81.2 Å². The number of anilines is 3. The van der Waals surface area contributed by atoms with E-state index in [4.69, 9.17) is 9.97 Å². The first kappa shape index (κ1) is 29.3. The summed E-state index contributed by atoms with van der Waals surface area (Å²) in [6.45, 7) is 13.5. The summed E-state index contributed by atoms with van der Waals surface area (Å²) >= 11 is 0. The zero-order valence-corrected chi connectivity index (χ0v) is 28.6. The summed E-state index contributed by atoms with van der Waals surface area (Å²) in [6, 6.07) is 35.5. The maximum atomic E-state index is 4.89. The monoisotopic (exact) mass is 759 g/mol. The van der Waals surface area contributed by atoms with Gasteiger partial charge in [0.05, 0.1) is 8.07 Å². The van der Waals surface area contributed by atoms with Gasteiger partial charge in [-0.25, -0.2) is 11.1 Å². The zero-order valence-electron chi connectivity index (χ0n) is 25.3. The third-order valence-corrected chi connectivity index (χ3v) is 11.5. The SMILES string of the molecule is CN1[CH-]N(c2[c-]c([Si](C)(C)c3[c-]c4c(cc3)c3ccccc3n4-c3cc(C(C)(C)C)ccn3)ncc2)c2ccccc21.[Pt]. The van der Waals surface area contributed by atoms with E-state index in [2.05, 4.69) is 147 Å². The average Bonchev–Trinajstić information content (AvgIpc) is 3.51. The molecular weight excluding hydrogens is 726 g/mol. The molecule has 6 aromatic rings. The van der Waals surface area contributed by atoms with Crippen molar-refractivity contribution in [3.8, 4) is 5.82 Å². The van der Waals surface area contributed by atoms with Gasteiger partial charge in [-0.3, -0.25) is 0 Å². The summed E-state index contributed by atoms with van der Waals surface area (Å²) in [5.74, 6) is 0.917. The van der Waals surface area contributed by atoms with Crippen molar-refractivity contribution in [3.63, 3.8) is 0 Å². The van der Waals surface area contributed by atoms with E-state index in [1.165, 1.54) is 27.2 Å². The van der Waals surface area contributed by atoms with Crippen molar-refractivity contribution in [2.75, 3.05) is 16.8 Å². The number of nitrogens with zero attached hydrogens (tertiary/aromatic N) is 5. The van der Waals surface area contributed by atoms with Crippen LogP contribution >= 0.6 is 0 Å². The number of para-hydroxylation sites is 3. The molecule has 220 valence electrons. The second kappa shape index (κ2) is 10.8. The minimum Gasteiger partial charge on any atom is -0.504 e. The molecule has 3 aromatic carbocycles. The van der Waals surface area contributed by atoms with Gasteiger partial charge in [0, 0.05) is 44.2 Å². The summed E-state index contributed by atoms with van der Waals surface area (Å²) in [5.41, 5.74) is 6.79. The first-order valence-electron chi connectivity index (χ1n) is 14.4. The molecule has 0 bridgehead atoms. The number of rotatable bonds is 4. The maximum Gasteiger partial charge on any atom is 0.135 e. The van der Waals surface area contributed by atoms with Crippen molar-refractivity contribution in [2.24, 2.45) is 0 Å². The van der Waals surface area contributed by atoms with E-state index >= 15 is 0 Å². The number of pyridine rings is 2. The standard InChI is InChI=1S/C36H34N5Si.Pt/c1-36(2,3)25-17-19-37-34(21-25)41-30-12-8-7-11-28(30)29-16-15-27(23-33(29)41)42(5,6)35-22-26(18-20-38-35)40-24-39(4)31-13-9-10-14-32(31)40;/h7-21,24H,1-6H3;/q-3;. The molecule has 3 aromatic heterocycles. The molecule has 0 saturated heterocycles. The third kappa shape index (κ3) is 4.91. The minimum atomic E-state index is -2.29. The van der Waals surface area contributed by atoms with Crippen molar-refractivity contribution in [1.29, 1.82) is 0 Å². The summed E-state index contributed by atoms with van der Waals surface area (Å²) < 4.78 is 2.27. The van der Waals surface area contributed by atoms with Crippen LogP contribution in [0.2, 0.25) is 13.1 Å². The predicted molar refractivity (Wildman–Crippen MR) is 177 cm³/mol. The predicted octanol–water partition coefficient (Wildman–Crippen LogP) is 7.00. The Labute approximate surface area is 269 Å². The molecule has 0 fully saturated rings. The number of hydrogen-bond acceptors (Lipinski definition) is 4. The smallest absolute Gasteiger partial charge is 0.135 e. The molecule has 0 radical (unpaired) electrons. The van der Waals surface area contributed by atoms with E-state index < -0.39 is 8.07 Å². The van der Waals surface area contributed by atoms with Gasteiger partial charge < -0.3 is 19.4 Å². The number of aromatic nitrogens is 3. The second-order valence-corrected chi connectivity index (χ2v) is 16.9. The van der Waals surface area contributed by atoms with Crippen LogP contribution in [-0.2, 0) is 26.5 Å². The van der Waals surface area contributed by atoms with E-state index in [0.717, 1.165) is 33.5 Å². The Bertz CT molecular complexity index is 1970. The van der Waals surface area contributed by atoms with Gasteiger partial charge in [0.25, 0.3) is 0 Å². The van der Waals surface area contributed by atoms with Crippen LogP contribution in [0, 0.1) is 18.8 Å². The Morgan fingerprint density at radius 2 is 1.51 bits per heavy atom. The van der Waals surface area contributed by atoms with Crippen LogP contribution in [-0.4, -0.2) is 29.7 Å². The average molecular weight is 760 g/mol. The van der Waals surface area contributed by atoms with Crippen molar-refractivity contribution in [3.05, 3.63) is 116 Å². The fraction of sp³-hybridized carbons (Fsp3) is 0.194. The first-order chi connectivity index (χ1) is 20.1. The molecule has 7 rings (SSSR count). The molecule has 0 aliphatic carbocycles. The maximum absolute atomic E-state index is 4.89. The molecule has 43 heavy (non-hydrogen) atoms. The van der Waals surface area contributed by atoms with Crippen molar-refractivity contribution >= 4 is 57.4 Å². The number of hydrogen-bond donors (Lipinski definition) is 0. The fourth-order valence-corrected chi connectivity index (χ4v) is 7.95. The van der Waals surface area contributed by atoms with Crippen LogP contribution in [0.25, 0.3) is 27.6 Å². The van der Waals surface area contributed by atoms with Gasteiger partial charge in [0.15, 0.2) is 0 Å². The molecular formula is C36H34N5PtSi-3. The number of benzene rings is 3. The third-order valence-electron chi connectivity index (χ3n) is 8.44. The van der Waals surface area contributed by atoms with Crippen molar-refractivity contribution < 1.29 is 21.1 Å². The Hall–Kier alpha value is -3.73. The van der Waals surface area contributed by atoms with Gasteiger partial charge in [-0.2, -0.15) is 41.8 Å². The Kier molecular flexibility index (Phi) is 7.34.